The molecule has 5 heteroatoms. The van der Waals surface area contributed by atoms with Gasteiger partial charge in [0.2, 0.25) is 5.91 Å². The van der Waals surface area contributed by atoms with Gasteiger partial charge in [0.1, 0.15) is 6.54 Å². The molecule has 0 atom stereocenters. The summed E-state index contributed by atoms with van der Waals surface area (Å²) in [6.45, 7) is 11.6. The van der Waals surface area contributed by atoms with E-state index in [1.807, 2.05) is 23.1 Å². The number of rotatable bonds is 3. The van der Waals surface area contributed by atoms with Crippen LogP contribution in [0.1, 0.15) is 29.8 Å². The van der Waals surface area contributed by atoms with Gasteiger partial charge < -0.3 is 4.90 Å². The SMILES string of the molecule is C=C1c2ccccc2C(=O)N1CC(=O)N1CCN(C(C)C)CC1. The van der Waals surface area contributed by atoms with Gasteiger partial charge in [0.25, 0.3) is 5.91 Å². The Morgan fingerprint density at radius 1 is 1.13 bits per heavy atom. The molecule has 23 heavy (non-hydrogen) atoms. The second kappa shape index (κ2) is 6.16. The highest BCUT2D eigenvalue weighted by atomic mass is 16.2. The Morgan fingerprint density at radius 3 is 2.30 bits per heavy atom. The van der Waals surface area contributed by atoms with Gasteiger partial charge in [-0.1, -0.05) is 24.8 Å². The molecule has 1 aromatic rings. The number of benzene rings is 1. The van der Waals surface area contributed by atoms with Crippen LogP contribution in [-0.2, 0) is 4.79 Å². The fourth-order valence-electron chi connectivity index (χ4n) is 3.22. The van der Waals surface area contributed by atoms with Crippen molar-refractivity contribution in [1.82, 2.24) is 14.7 Å². The number of piperazine rings is 1. The maximum atomic E-state index is 12.5. The van der Waals surface area contributed by atoms with Gasteiger partial charge in [-0.05, 0) is 19.9 Å². The van der Waals surface area contributed by atoms with Crippen molar-refractivity contribution < 1.29 is 9.59 Å². The van der Waals surface area contributed by atoms with Crippen LogP contribution in [0.3, 0.4) is 0 Å². The summed E-state index contributed by atoms with van der Waals surface area (Å²) in [6, 6.07) is 7.88. The first kappa shape index (κ1) is 15.7. The van der Waals surface area contributed by atoms with Gasteiger partial charge in [-0.2, -0.15) is 0 Å². The predicted molar refractivity (Wildman–Crippen MR) is 89.8 cm³/mol. The molecule has 1 aromatic carbocycles. The third-order valence-electron chi connectivity index (χ3n) is 4.73. The molecule has 0 bridgehead atoms. The fourth-order valence-corrected chi connectivity index (χ4v) is 3.22. The summed E-state index contributed by atoms with van der Waals surface area (Å²) in [7, 11) is 0. The molecule has 0 aliphatic carbocycles. The summed E-state index contributed by atoms with van der Waals surface area (Å²) >= 11 is 0. The standard InChI is InChI=1S/C18H23N3O2/c1-13(2)19-8-10-20(11-9-19)17(22)12-21-14(3)15-6-4-5-7-16(15)18(21)23/h4-7,13H,3,8-12H2,1-2H3. The first-order chi connectivity index (χ1) is 11.0. The van der Waals surface area contributed by atoms with Crippen molar-refractivity contribution in [3.63, 3.8) is 0 Å². The Morgan fingerprint density at radius 2 is 1.74 bits per heavy atom. The van der Waals surface area contributed by atoms with E-state index in [0.717, 1.165) is 31.7 Å². The van der Waals surface area contributed by atoms with Crippen LogP contribution < -0.4 is 0 Å². The third-order valence-corrected chi connectivity index (χ3v) is 4.73. The predicted octanol–water partition coefficient (Wildman–Crippen LogP) is 1.67. The minimum absolute atomic E-state index is 0.00397. The van der Waals surface area contributed by atoms with Gasteiger partial charge in [0, 0.05) is 49.0 Å². The molecular formula is C18H23N3O2. The molecule has 2 aliphatic rings. The summed E-state index contributed by atoms with van der Waals surface area (Å²) in [5.74, 6) is -0.129. The summed E-state index contributed by atoms with van der Waals surface area (Å²) in [6.07, 6.45) is 0. The lowest BCUT2D eigenvalue weighted by atomic mass is 10.1. The average molecular weight is 313 g/mol. The van der Waals surface area contributed by atoms with Gasteiger partial charge in [0.15, 0.2) is 0 Å². The summed E-state index contributed by atoms with van der Waals surface area (Å²) < 4.78 is 0. The molecule has 1 saturated heterocycles. The van der Waals surface area contributed by atoms with E-state index in [9.17, 15) is 9.59 Å². The number of hydrogen-bond donors (Lipinski definition) is 0. The molecule has 122 valence electrons. The zero-order valence-corrected chi connectivity index (χ0v) is 13.8. The zero-order valence-electron chi connectivity index (χ0n) is 13.8. The average Bonchev–Trinajstić information content (AvgIpc) is 2.80. The van der Waals surface area contributed by atoms with Gasteiger partial charge >= 0.3 is 0 Å². The number of hydrogen-bond acceptors (Lipinski definition) is 3. The van der Waals surface area contributed by atoms with Crippen LogP contribution in [0.25, 0.3) is 5.70 Å². The molecule has 2 amide bonds. The Balaban J connectivity index is 1.64. The van der Waals surface area contributed by atoms with Crippen molar-refractivity contribution in [3.8, 4) is 0 Å². The molecule has 1 fully saturated rings. The highest BCUT2D eigenvalue weighted by Gasteiger charge is 2.33. The second-order valence-electron chi connectivity index (χ2n) is 6.39. The summed E-state index contributed by atoms with van der Waals surface area (Å²) in [5, 5.41) is 0. The van der Waals surface area contributed by atoms with Crippen molar-refractivity contribution in [3.05, 3.63) is 42.0 Å². The zero-order chi connectivity index (χ0) is 16.6. The summed E-state index contributed by atoms with van der Waals surface area (Å²) in [5.41, 5.74) is 2.09. The summed E-state index contributed by atoms with van der Waals surface area (Å²) in [4.78, 5) is 30.7. The van der Waals surface area contributed by atoms with Crippen molar-refractivity contribution in [2.75, 3.05) is 32.7 Å². The highest BCUT2D eigenvalue weighted by Crippen LogP contribution is 2.30. The van der Waals surface area contributed by atoms with Crippen LogP contribution in [0.4, 0.5) is 0 Å². The van der Waals surface area contributed by atoms with Crippen molar-refractivity contribution in [2.45, 2.75) is 19.9 Å². The largest absolute Gasteiger partial charge is 0.339 e. The molecule has 2 heterocycles. The first-order valence-electron chi connectivity index (χ1n) is 8.11. The van der Waals surface area contributed by atoms with Crippen LogP contribution in [-0.4, -0.2) is 65.3 Å². The van der Waals surface area contributed by atoms with Gasteiger partial charge in [-0.3, -0.25) is 19.4 Å². The van der Waals surface area contributed by atoms with Crippen LogP contribution in [0.5, 0.6) is 0 Å². The van der Waals surface area contributed by atoms with Crippen LogP contribution >= 0.6 is 0 Å². The van der Waals surface area contributed by atoms with E-state index in [0.29, 0.717) is 17.3 Å². The van der Waals surface area contributed by atoms with Gasteiger partial charge in [-0.25, -0.2) is 0 Å². The van der Waals surface area contributed by atoms with Gasteiger partial charge in [-0.15, -0.1) is 0 Å². The van der Waals surface area contributed by atoms with Crippen LogP contribution in [0, 0.1) is 0 Å². The first-order valence-corrected chi connectivity index (χ1v) is 8.11. The molecule has 0 aromatic heterocycles. The third kappa shape index (κ3) is 2.88. The lowest BCUT2D eigenvalue weighted by molar-refractivity contribution is -0.133. The van der Waals surface area contributed by atoms with E-state index in [1.165, 1.54) is 4.90 Å². The Kier molecular flexibility index (Phi) is 4.22. The minimum atomic E-state index is -0.125. The molecular weight excluding hydrogens is 290 g/mol. The van der Waals surface area contributed by atoms with E-state index in [4.69, 9.17) is 0 Å². The van der Waals surface area contributed by atoms with E-state index in [2.05, 4.69) is 25.3 Å². The quantitative estimate of drug-likeness (QED) is 0.852. The number of nitrogens with zero attached hydrogens (tertiary/aromatic N) is 3. The van der Waals surface area contributed by atoms with E-state index >= 15 is 0 Å². The number of carbonyl (C=O) groups excluding carboxylic acids is 2. The second-order valence-corrected chi connectivity index (χ2v) is 6.39. The van der Waals surface area contributed by atoms with Crippen molar-refractivity contribution >= 4 is 17.5 Å². The monoisotopic (exact) mass is 313 g/mol. The lowest BCUT2D eigenvalue weighted by Gasteiger charge is -2.37. The molecule has 0 unspecified atom stereocenters. The number of amides is 2. The molecule has 0 spiro atoms. The fraction of sp³-hybridized carbons (Fsp3) is 0.444. The normalized spacial score (nSPS) is 18.7. The van der Waals surface area contributed by atoms with Crippen LogP contribution in [0.15, 0.2) is 30.8 Å². The van der Waals surface area contributed by atoms with E-state index < -0.39 is 0 Å². The topological polar surface area (TPSA) is 43.9 Å². The number of fused-ring (bicyclic) bond motifs is 1. The highest BCUT2D eigenvalue weighted by molar-refractivity contribution is 6.10. The van der Waals surface area contributed by atoms with Crippen molar-refractivity contribution in [1.29, 1.82) is 0 Å². The number of carbonyl (C=O) groups is 2. The Bertz CT molecular complexity index is 610. The molecule has 0 saturated carbocycles. The minimum Gasteiger partial charge on any atom is -0.339 e. The maximum Gasteiger partial charge on any atom is 0.259 e. The Labute approximate surface area is 137 Å². The van der Waals surface area contributed by atoms with Crippen molar-refractivity contribution in [2.24, 2.45) is 0 Å². The Hall–Kier alpha value is -2.14. The molecule has 3 rings (SSSR count). The smallest absolute Gasteiger partial charge is 0.259 e. The van der Waals surface area contributed by atoms with E-state index in [-0.39, 0.29) is 18.4 Å². The van der Waals surface area contributed by atoms with E-state index in [1.54, 1.807) is 6.07 Å². The van der Waals surface area contributed by atoms with Crippen LogP contribution in [0.2, 0.25) is 0 Å². The molecule has 2 aliphatic heterocycles. The molecule has 5 nitrogen and oxygen atoms in total. The molecule has 0 radical (unpaired) electrons. The van der Waals surface area contributed by atoms with Gasteiger partial charge in [0.05, 0.1) is 0 Å². The maximum absolute atomic E-state index is 12.5. The molecule has 0 N–H and O–H groups in total. The lowest BCUT2D eigenvalue weighted by Crippen LogP contribution is -2.52.